The van der Waals surface area contributed by atoms with Gasteiger partial charge in [0.15, 0.2) is 11.6 Å². The summed E-state index contributed by atoms with van der Waals surface area (Å²) >= 11 is 0. The molecule has 0 saturated heterocycles. The molecule has 168 valence electrons. The van der Waals surface area contributed by atoms with Gasteiger partial charge in [0, 0.05) is 11.1 Å². The second-order valence-electron chi connectivity index (χ2n) is 9.11. The number of rotatable bonds is 8. The van der Waals surface area contributed by atoms with Crippen molar-refractivity contribution in [3.8, 4) is 5.69 Å². The van der Waals surface area contributed by atoms with E-state index in [2.05, 4.69) is 96.7 Å². The lowest BCUT2D eigenvalue weighted by Gasteiger charge is -2.21. The minimum atomic E-state index is 0.517. The molecule has 5 heteroatoms. The molecule has 0 unspecified atom stereocenters. The fraction of sp³-hybridized carbons (Fsp3) is 0.444. The van der Waals surface area contributed by atoms with Gasteiger partial charge in [-0.2, -0.15) is 0 Å². The van der Waals surface area contributed by atoms with E-state index in [1.165, 1.54) is 11.1 Å². The monoisotopic (exact) mass is 429 g/mol. The van der Waals surface area contributed by atoms with Crippen molar-refractivity contribution in [1.82, 2.24) is 19.7 Å². The van der Waals surface area contributed by atoms with E-state index in [-0.39, 0.29) is 0 Å². The normalized spacial score (nSPS) is 13.2. The minimum Gasteiger partial charge on any atom is -0.296 e. The largest absolute Gasteiger partial charge is 0.296 e. The number of fused-ring (bicyclic) bond motifs is 3. The summed E-state index contributed by atoms with van der Waals surface area (Å²) in [4.78, 5) is 7.50. The van der Waals surface area contributed by atoms with Gasteiger partial charge in [0.25, 0.3) is 0 Å². The van der Waals surface area contributed by atoms with E-state index in [9.17, 15) is 0 Å². The van der Waals surface area contributed by atoms with E-state index in [0.29, 0.717) is 12.5 Å². The van der Waals surface area contributed by atoms with E-state index in [0.717, 1.165) is 66.7 Å². The lowest BCUT2D eigenvalue weighted by atomic mass is 9.96. The first-order valence-electron chi connectivity index (χ1n) is 11.9. The molecular formula is C27H35N5. The number of hydrogen-bond donors (Lipinski definition) is 0. The van der Waals surface area contributed by atoms with Crippen molar-refractivity contribution in [3.63, 3.8) is 0 Å². The first-order valence-corrected chi connectivity index (χ1v) is 11.9. The molecule has 2 aromatic carbocycles. The summed E-state index contributed by atoms with van der Waals surface area (Å²) in [6, 6.07) is 15.5. The number of nitrogens with zero attached hydrogens (tertiary/aromatic N) is 5. The Labute approximate surface area is 192 Å². The van der Waals surface area contributed by atoms with Crippen LogP contribution in [-0.2, 0) is 13.1 Å². The Bertz CT molecular complexity index is 1090. The van der Waals surface area contributed by atoms with E-state index in [1.807, 2.05) is 0 Å². The van der Waals surface area contributed by atoms with Crippen LogP contribution in [0.4, 0.5) is 0 Å². The third-order valence-electron chi connectivity index (χ3n) is 6.12. The highest BCUT2D eigenvalue weighted by Gasteiger charge is 2.24. The van der Waals surface area contributed by atoms with Crippen LogP contribution in [0.2, 0.25) is 0 Å². The molecule has 1 aromatic heterocycles. The molecule has 0 radical (unpaired) electrons. The molecule has 0 amide bonds. The zero-order chi connectivity index (χ0) is 22.7. The van der Waals surface area contributed by atoms with Gasteiger partial charge in [0.1, 0.15) is 6.54 Å². The van der Waals surface area contributed by atoms with Gasteiger partial charge in [-0.3, -0.25) is 14.5 Å². The molecule has 5 nitrogen and oxygen atoms in total. The highest BCUT2D eigenvalue weighted by molar-refractivity contribution is 6.15. The molecule has 1 aliphatic rings. The molecule has 2 heterocycles. The Morgan fingerprint density at radius 3 is 2.34 bits per heavy atom. The van der Waals surface area contributed by atoms with Crippen molar-refractivity contribution < 1.29 is 0 Å². The van der Waals surface area contributed by atoms with E-state index >= 15 is 0 Å². The van der Waals surface area contributed by atoms with Crippen molar-refractivity contribution in [2.24, 2.45) is 4.99 Å². The lowest BCUT2D eigenvalue weighted by molar-refractivity contribution is 0.258. The SMILES string of the molecule is CCCN(CCC)Cc1nnc2n1-c1cc(C)ccc1C(c1ccc(C(C)C)cc1)=NC2. The van der Waals surface area contributed by atoms with E-state index in [4.69, 9.17) is 4.99 Å². The molecule has 1 aliphatic heterocycles. The maximum absolute atomic E-state index is 5.03. The molecule has 0 atom stereocenters. The Morgan fingerprint density at radius 2 is 1.69 bits per heavy atom. The lowest BCUT2D eigenvalue weighted by Crippen LogP contribution is -2.27. The minimum absolute atomic E-state index is 0.517. The molecule has 4 rings (SSSR count). The molecule has 32 heavy (non-hydrogen) atoms. The summed E-state index contributed by atoms with van der Waals surface area (Å²) in [6.45, 7) is 14.5. The van der Waals surface area contributed by atoms with Gasteiger partial charge in [0.05, 0.1) is 17.9 Å². The van der Waals surface area contributed by atoms with E-state index in [1.54, 1.807) is 0 Å². The number of aliphatic imine (C=N–C) groups is 1. The summed E-state index contributed by atoms with van der Waals surface area (Å²) in [5.74, 6) is 2.43. The molecule has 0 N–H and O–H groups in total. The van der Waals surface area contributed by atoms with Crippen molar-refractivity contribution in [2.45, 2.75) is 66.5 Å². The van der Waals surface area contributed by atoms with Gasteiger partial charge in [-0.05, 0) is 56.0 Å². The molecular weight excluding hydrogens is 394 g/mol. The van der Waals surface area contributed by atoms with Gasteiger partial charge in [-0.15, -0.1) is 10.2 Å². The second kappa shape index (κ2) is 9.78. The Hall–Kier alpha value is -2.79. The van der Waals surface area contributed by atoms with Crippen molar-refractivity contribution in [3.05, 3.63) is 76.4 Å². The van der Waals surface area contributed by atoms with Crippen LogP contribution in [0, 0.1) is 6.92 Å². The maximum Gasteiger partial charge on any atom is 0.159 e. The Morgan fingerprint density at radius 1 is 0.969 bits per heavy atom. The summed E-state index contributed by atoms with van der Waals surface area (Å²) < 4.78 is 2.25. The Kier molecular flexibility index (Phi) is 6.85. The third kappa shape index (κ3) is 4.53. The van der Waals surface area contributed by atoms with Crippen LogP contribution >= 0.6 is 0 Å². The zero-order valence-electron chi connectivity index (χ0n) is 20.1. The average Bonchev–Trinajstić information content (AvgIpc) is 3.09. The van der Waals surface area contributed by atoms with Crippen LogP contribution in [0.3, 0.4) is 0 Å². The molecule has 0 spiro atoms. The molecule has 0 fully saturated rings. The van der Waals surface area contributed by atoms with Crippen LogP contribution in [0.1, 0.15) is 80.4 Å². The fourth-order valence-corrected chi connectivity index (χ4v) is 4.47. The average molecular weight is 430 g/mol. The Balaban J connectivity index is 1.78. The van der Waals surface area contributed by atoms with Gasteiger partial charge >= 0.3 is 0 Å². The van der Waals surface area contributed by atoms with Gasteiger partial charge in [-0.1, -0.05) is 64.1 Å². The van der Waals surface area contributed by atoms with Crippen LogP contribution < -0.4 is 0 Å². The maximum atomic E-state index is 5.03. The van der Waals surface area contributed by atoms with Gasteiger partial charge < -0.3 is 0 Å². The molecule has 0 saturated carbocycles. The number of hydrogen-bond acceptors (Lipinski definition) is 4. The highest BCUT2D eigenvalue weighted by atomic mass is 15.3. The van der Waals surface area contributed by atoms with Crippen LogP contribution in [0.15, 0.2) is 47.5 Å². The van der Waals surface area contributed by atoms with Crippen molar-refractivity contribution in [1.29, 1.82) is 0 Å². The van der Waals surface area contributed by atoms with Crippen molar-refractivity contribution in [2.75, 3.05) is 13.1 Å². The summed E-state index contributed by atoms with van der Waals surface area (Å²) in [6.07, 6.45) is 2.27. The van der Waals surface area contributed by atoms with Crippen molar-refractivity contribution >= 4 is 5.71 Å². The molecule has 3 aromatic rings. The first-order chi connectivity index (χ1) is 15.5. The van der Waals surface area contributed by atoms with Crippen LogP contribution in [0.25, 0.3) is 5.69 Å². The predicted molar refractivity (Wildman–Crippen MR) is 132 cm³/mol. The summed E-state index contributed by atoms with van der Waals surface area (Å²) in [5.41, 5.74) is 7.04. The second-order valence-corrected chi connectivity index (χ2v) is 9.11. The number of aryl methyl sites for hydroxylation is 1. The third-order valence-corrected chi connectivity index (χ3v) is 6.12. The number of aromatic nitrogens is 3. The first kappa shape index (κ1) is 22.4. The van der Waals surface area contributed by atoms with E-state index < -0.39 is 0 Å². The smallest absolute Gasteiger partial charge is 0.159 e. The van der Waals surface area contributed by atoms with Gasteiger partial charge in [-0.25, -0.2) is 0 Å². The highest BCUT2D eigenvalue weighted by Crippen LogP contribution is 2.28. The number of benzene rings is 2. The van der Waals surface area contributed by atoms with Crippen LogP contribution in [0.5, 0.6) is 0 Å². The standard InChI is InChI=1S/C27H35N5/c1-6-14-31(15-7-2)18-26-30-29-25-17-28-27(22-11-9-21(10-12-22)19(3)4)23-13-8-20(5)16-24(23)32(25)26/h8-13,16,19H,6-7,14-15,17-18H2,1-5H3. The zero-order valence-corrected chi connectivity index (χ0v) is 20.1. The van der Waals surface area contributed by atoms with Gasteiger partial charge in [0.2, 0.25) is 0 Å². The van der Waals surface area contributed by atoms with Crippen LogP contribution in [-0.4, -0.2) is 38.5 Å². The topological polar surface area (TPSA) is 46.3 Å². The summed E-state index contributed by atoms with van der Waals surface area (Å²) in [5, 5.41) is 9.17. The quantitative estimate of drug-likeness (QED) is 0.463. The predicted octanol–water partition coefficient (Wildman–Crippen LogP) is 5.67. The fourth-order valence-electron chi connectivity index (χ4n) is 4.47. The summed E-state index contributed by atoms with van der Waals surface area (Å²) in [7, 11) is 0. The molecule has 0 bridgehead atoms. The molecule has 0 aliphatic carbocycles.